The van der Waals surface area contributed by atoms with Crippen molar-refractivity contribution in [2.24, 2.45) is 5.73 Å². The molecule has 31 heavy (non-hydrogen) atoms. The molecule has 9 nitrogen and oxygen atoms in total. The van der Waals surface area contributed by atoms with Crippen LogP contribution >= 0.6 is 12.2 Å². The Morgan fingerprint density at radius 1 is 0.903 bits per heavy atom. The number of ether oxygens (including phenoxy) is 1. The zero-order valence-corrected chi connectivity index (χ0v) is 16.9. The molecule has 0 fully saturated rings. The van der Waals surface area contributed by atoms with Gasteiger partial charge < -0.3 is 30.9 Å². The molecule has 0 aliphatic carbocycles. The summed E-state index contributed by atoms with van der Waals surface area (Å²) in [5, 5.41) is 62.7. The number of methoxy groups -OCH3 is 1. The molecule has 0 amide bonds. The summed E-state index contributed by atoms with van der Waals surface area (Å²) < 4.78 is 4.81. The van der Waals surface area contributed by atoms with E-state index in [1.807, 2.05) is 6.07 Å². The van der Waals surface area contributed by atoms with E-state index in [0.29, 0.717) is 11.1 Å². The Kier molecular flexibility index (Phi) is 8.88. The highest BCUT2D eigenvalue weighted by atomic mass is 32.1. The Hall–Kier alpha value is -4.72. The van der Waals surface area contributed by atoms with Crippen molar-refractivity contribution in [3.8, 4) is 47.0 Å². The number of allylic oxidation sites excluding steroid dienone is 1. The number of hydrogen-bond donors (Lipinski definition) is 5. The molecule has 2 aromatic carbocycles. The molecule has 156 valence electrons. The van der Waals surface area contributed by atoms with E-state index >= 15 is 0 Å². The number of phenolic OH excluding ortho intramolecular Hbond substituents is 4. The van der Waals surface area contributed by atoms with Gasteiger partial charge in [-0.2, -0.15) is 15.8 Å². The Morgan fingerprint density at radius 3 is 2.00 bits per heavy atom. The average Bonchev–Trinajstić information content (AvgIpc) is 2.75. The lowest BCUT2D eigenvalue weighted by Gasteiger charge is -2.06. The minimum absolute atomic E-state index is 0.00920. The number of nitrogens with zero attached hydrogens (tertiary/aromatic N) is 3. The Balaban J connectivity index is 0.000000311. The van der Waals surface area contributed by atoms with E-state index in [2.05, 4.69) is 12.2 Å². The van der Waals surface area contributed by atoms with E-state index in [0.717, 1.165) is 0 Å². The lowest BCUT2D eigenvalue weighted by molar-refractivity contribution is 0.351. The monoisotopic (exact) mass is 436 g/mol. The van der Waals surface area contributed by atoms with Crippen LogP contribution in [0.4, 0.5) is 0 Å². The second-order valence-corrected chi connectivity index (χ2v) is 6.09. The SMILES string of the molecule is COc1cc(C=C(C#N)C#N)cc(O)c1O.N#CC(=Cc1ccc(O)c(O)c1)C(N)=S. The van der Waals surface area contributed by atoms with E-state index in [1.165, 1.54) is 49.6 Å². The van der Waals surface area contributed by atoms with Crippen LogP contribution in [-0.2, 0) is 0 Å². The van der Waals surface area contributed by atoms with Crippen LogP contribution in [0.3, 0.4) is 0 Å². The van der Waals surface area contributed by atoms with Crippen molar-refractivity contribution in [2.45, 2.75) is 0 Å². The molecule has 0 aliphatic heterocycles. The predicted molar refractivity (Wildman–Crippen MR) is 116 cm³/mol. The van der Waals surface area contributed by atoms with Crippen LogP contribution < -0.4 is 10.5 Å². The van der Waals surface area contributed by atoms with Crippen LogP contribution in [0.15, 0.2) is 41.5 Å². The predicted octanol–water partition coefficient (Wildman–Crippen LogP) is 2.83. The minimum Gasteiger partial charge on any atom is -0.504 e. The van der Waals surface area contributed by atoms with Crippen molar-refractivity contribution in [1.29, 1.82) is 15.8 Å². The normalized spacial score (nSPS) is 9.68. The summed E-state index contributed by atoms with van der Waals surface area (Å²) in [6, 6.07) is 12.0. The first-order valence-corrected chi connectivity index (χ1v) is 8.63. The quantitative estimate of drug-likeness (QED) is 0.206. The topological polar surface area (TPSA) is 188 Å². The lowest BCUT2D eigenvalue weighted by atomic mass is 10.1. The molecule has 2 rings (SSSR count). The van der Waals surface area contributed by atoms with E-state index in [9.17, 15) is 15.3 Å². The van der Waals surface area contributed by atoms with Crippen LogP contribution in [0, 0.1) is 34.0 Å². The molecule has 2 aromatic rings. The van der Waals surface area contributed by atoms with Gasteiger partial charge in [0.2, 0.25) is 5.75 Å². The molecular weight excluding hydrogens is 420 g/mol. The molecule has 6 N–H and O–H groups in total. The highest BCUT2D eigenvalue weighted by Gasteiger charge is 2.09. The molecule has 0 radical (unpaired) electrons. The van der Waals surface area contributed by atoms with Gasteiger partial charge in [-0.3, -0.25) is 0 Å². The number of thiocarbonyl (C=S) groups is 1. The van der Waals surface area contributed by atoms with Gasteiger partial charge in [-0.25, -0.2) is 0 Å². The third-order valence-corrected chi connectivity index (χ3v) is 3.77. The Morgan fingerprint density at radius 2 is 1.52 bits per heavy atom. The summed E-state index contributed by atoms with van der Waals surface area (Å²) >= 11 is 4.65. The number of benzene rings is 2. The Labute approximate surface area is 183 Å². The van der Waals surface area contributed by atoms with Gasteiger partial charge in [0.1, 0.15) is 28.8 Å². The third kappa shape index (κ3) is 6.99. The zero-order valence-electron chi connectivity index (χ0n) is 16.1. The second kappa shape index (κ2) is 11.3. The summed E-state index contributed by atoms with van der Waals surface area (Å²) in [5.74, 6) is -1.16. The van der Waals surface area contributed by atoms with Gasteiger partial charge >= 0.3 is 0 Å². The minimum atomic E-state index is -0.380. The highest BCUT2D eigenvalue weighted by molar-refractivity contribution is 7.80. The van der Waals surface area contributed by atoms with Crippen LogP contribution in [0.5, 0.6) is 28.7 Å². The van der Waals surface area contributed by atoms with Gasteiger partial charge in [-0.05, 0) is 47.5 Å². The van der Waals surface area contributed by atoms with Gasteiger partial charge in [0.15, 0.2) is 23.0 Å². The van der Waals surface area contributed by atoms with Crippen LogP contribution in [0.2, 0.25) is 0 Å². The maximum Gasteiger partial charge on any atom is 0.200 e. The van der Waals surface area contributed by atoms with Crippen molar-refractivity contribution in [1.82, 2.24) is 0 Å². The molecule has 0 unspecified atom stereocenters. The van der Waals surface area contributed by atoms with E-state index < -0.39 is 0 Å². The van der Waals surface area contributed by atoms with Crippen LogP contribution in [0.1, 0.15) is 11.1 Å². The first kappa shape index (κ1) is 24.3. The molecule has 0 spiro atoms. The molecule has 10 heteroatoms. The van der Waals surface area contributed by atoms with Crippen molar-refractivity contribution in [3.63, 3.8) is 0 Å². The molecule has 0 aliphatic rings. The maximum absolute atomic E-state index is 9.35. The first-order chi connectivity index (χ1) is 14.7. The number of aromatic hydroxyl groups is 4. The van der Waals surface area contributed by atoms with Crippen molar-refractivity contribution in [2.75, 3.05) is 7.11 Å². The van der Waals surface area contributed by atoms with Crippen molar-refractivity contribution in [3.05, 3.63) is 52.6 Å². The van der Waals surface area contributed by atoms with Gasteiger partial charge in [-0.1, -0.05) is 18.3 Å². The molecule has 0 saturated carbocycles. The number of nitrogens with two attached hydrogens (primary N) is 1. The third-order valence-electron chi connectivity index (χ3n) is 3.55. The van der Waals surface area contributed by atoms with E-state index in [1.54, 1.807) is 12.1 Å². The van der Waals surface area contributed by atoms with Gasteiger partial charge in [0.05, 0.1) is 12.7 Å². The van der Waals surface area contributed by atoms with Crippen LogP contribution in [0.25, 0.3) is 12.2 Å². The van der Waals surface area contributed by atoms with E-state index in [4.69, 9.17) is 31.4 Å². The van der Waals surface area contributed by atoms with Gasteiger partial charge in [0, 0.05) is 0 Å². The van der Waals surface area contributed by atoms with Gasteiger partial charge in [-0.15, -0.1) is 0 Å². The standard InChI is InChI=1S/C11H8N2O3.C10H8N2O2S/c1-16-10-4-7(2-8(5-12)6-13)3-9(14)11(10)15;11-5-7(10(12)15)3-6-1-2-8(13)9(14)4-6/h2-4,14-15H,1H3;1-4,13-14H,(H2,12,15). The zero-order chi connectivity index (χ0) is 23.6. The Bertz CT molecular complexity index is 1170. The first-order valence-electron chi connectivity index (χ1n) is 8.22. The molecule has 0 bridgehead atoms. The number of rotatable bonds is 4. The number of phenols is 4. The van der Waals surface area contributed by atoms with Crippen molar-refractivity contribution >= 4 is 29.4 Å². The molecule has 0 aromatic heterocycles. The molecule has 0 heterocycles. The van der Waals surface area contributed by atoms with E-state index in [-0.39, 0.29) is 44.9 Å². The summed E-state index contributed by atoms with van der Waals surface area (Å²) in [4.78, 5) is -0.00920. The fourth-order valence-corrected chi connectivity index (χ4v) is 2.17. The highest BCUT2D eigenvalue weighted by Crippen LogP contribution is 2.36. The number of hydrogen-bond acceptors (Lipinski definition) is 9. The maximum atomic E-state index is 9.35. The molecular formula is C21H16N4O5S. The smallest absolute Gasteiger partial charge is 0.200 e. The number of nitriles is 3. The fraction of sp³-hybridized carbons (Fsp3) is 0.0476. The lowest BCUT2D eigenvalue weighted by Crippen LogP contribution is -2.09. The average molecular weight is 436 g/mol. The second-order valence-electron chi connectivity index (χ2n) is 5.65. The van der Waals surface area contributed by atoms with Crippen molar-refractivity contribution < 1.29 is 25.2 Å². The van der Waals surface area contributed by atoms with Gasteiger partial charge in [0.25, 0.3) is 0 Å². The molecule has 0 saturated heterocycles. The summed E-state index contributed by atoms with van der Waals surface area (Å²) in [6.45, 7) is 0. The van der Waals surface area contributed by atoms with Crippen LogP contribution in [-0.4, -0.2) is 32.5 Å². The largest absolute Gasteiger partial charge is 0.504 e. The summed E-state index contributed by atoms with van der Waals surface area (Å²) in [6.07, 6.45) is 2.71. The summed E-state index contributed by atoms with van der Waals surface area (Å²) in [5.41, 5.74) is 6.27. The summed E-state index contributed by atoms with van der Waals surface area (Å²) in [7, 11) is 1.33. The fourth-order valence-electron chi connectivity index (χ4n) is 2.06. The molecule has 0 atom stereocenters.